The SMILES string of the molecule is Cc1cccc(C)c1CCOC(=S)CC(=S)NC1CCOC1=O. The van der Waals surface area contributed by atoms with Gasteiger partial charge in [-0.1, -0.05) is 30.4 Å². The average molecular weight is 351 g/mol. The van der Waals surface area contributed by atoms with Gasteiger partial charge in [0.1, 0.15) is 6.04 Å². The predicted octanol–water partition coefficient (Wildman–Crippen LogP) is 2.81. The number of hydrogen-bond donors (Lipinski definition) is 1. The summed E-state index contributed by atoms with van der Waals surface area (Å²) in [5, 5.41) is 3.42. The van der Waals surface area contributed by atoms with E-state index < -0.39 is 0 Å². The van der Waals surface area contributed by atoms with Crippen molar-refractivity contribution in [1.82, 2.24) is 5.32 Å². The van der Waals surface area contributed by atoms with Gasteiger partial charge >= 0.3 is 5.97 Å². The van der Waals surface area contributed by atoms with Crippen molar-refractivity contribution in [2.45, 2.75) is 39.2 Å². The normalized spacial score (nSPS) is 16.8. The molecule has 2 rings (SSSR count). The first-order chi connectivity index (χ1) is 11.0. The zero-order valence-electron chi connectivity index (χ0n) is 13.4. The first kappa shape index (κ1) is 17.8. The second-order valence-electron chi connectivity index (χ2n) is 5.59. The molecule has 4 nitrogen and oxygen atoms in total. The Morgan fingerprint density at radius 2 is 2.04 bits per heavy atom. The van der Waals surface area contributed by atoms with Crippen LogP contribution in [0.2, 0.25) is 0 Å². The monoisotopic (exact) mass is 351 g/mol. The van der Waals surface area contributed by atoms with E-state index in [1.54, 1.807) is 0 Å². The Morgan fingerprint density at radius 1 is 1.35 bits per heavy atom. The van der Waals surface area contributed by atoms with E-state index in [1.165, 1.54) is 16.7 Å². The minimum Gasteiger partial charge on any atom is -0.486 e. The summed E-state index contributed by atoms with van der Waals surface area (Å²) in [5.74, 6) is -0.255. The van der Waals surface area contributed by atoms with E-state index in [0.717, 1.165) is 6.42 Å². The standard InChI is InChI=1S/C17H21NO3S2/c1-11-4-3-5-12(2)13(11)6-8-20-16(23)10-15(22)18-14-7-9-21-17(14)19/h3-5,14H,6-10H2,1-2H3,(H,18,22). The van der Waals surface area contributed by atoms with E-state index in [4.69, 9.17) is 33.9 Å². The fourth-order valence-corrected chi connectivity index (χ4v) is 3.16. The van der Waals surface area contributed by atoms with Crippen molar-refractivity contribution in [2.75, 3.05) is 13.2 Å². The Kier molecular flexibility index (Phi) is 6.47. The molecule has 0 aromatic heterocycles. The molecule has 1 heterocycles. The van der Waals surface area contributed by atoms with Crippen molar-refractivity contribution in [2.24, 2.45) is 0 Å². The molecule has 0 radical (unpaired) electrons. The van der Waals surface area contributed by atoms with Crippen LogP contribution in [0.15, 0.2) is 18.2 Å². The number of thiocarbonyl (C=S) groups is 2. The number of aryl methyl sites for hydroxylation is 2. The fraction of sp³-hybridized carbons (Fsp3) is 0.471. The largest absolute Gasteiger partial charge is 0.486 e. The highest BCUT2D eigenvalue weighted by atomic mass is 32.1. The lowest BCUT2D eigenvalue weighted by Gasteiger charge is -2.14. The molecular weight excluding hydrogens is 330 g/mol. The maximum Gasteiger partial charge on any atom is 0.328 e. The summed E-state index contributed by atoms with van der Waals surface area (Å²) in [6.45, 7) is 5.16. The van der Waals surface area contributed by atoms with Crippen molar-refractivity contribution in [1.29, 1.82) is 0 Å². The molecule has 1 saturated heterocycles. The molecule has 0 spiro atoms. The number of ether oxygens (including phenoxy) is 2. The van der Waals surface area contributed by atoms with Gasteiger partial charge in [0.25, 0.3) is 0 Å². The van der Waals surface area contributed by atoms with Crippen LogP contribution in [0, 0.1) is 13.8 Å². The first-order valence-corrected chi connectivity index (χ1v) is 8.45. The lowest BCUT2D eigenvalue weighted by Crippen LogP contribution is -2.37. The summed E-state index contributed by atoms with van der Waals surface area (Å²) in [5.41, 5.74) is 3.82. The average Bonchev–Trinajstić information content (AvgIpc) is 2.87. The highest BCUT2D eigenvalue weighted by Gasteiger charge is 2.26. The van der Waals surface area contributed by atoms with Crippen molar-refractivity contribution in [3.05, 3.63) is 34.9 Å². The molecule has 1 aliphatic heterocycles. The van der Waals surface area contributed by atoms with Crippen LogP contribution in [-0.4, -0.2) is 35.3 Å². The van der Waals surface area contributed by atoms with Gasteiger partial charge in [0.15, 0.2) is 5.05 Å². The molecule has 6 heteroatoms. The zero-order chi connectivity index (χ0) is 16.8. The summed E-state index contributed by atoms with van der Waals surface area (Å²) < 4.78 is 10.5. The Morgan fingerprint density at radius 3 is 2.65 bits per heavy atom. The lowest BCUT2D eigenvalue weighted by atomic mass is 10.0. The van der Waals surface area contributed by atoms with Crippen LogP contribution in [0.25, 0.3) is 0 Å². The van der Waals surface area contributed by atoms with E-state index in [1.807, 2.05) is 0 Å². The summed E-state index contributed by atoms with van der Waals surface area (Å²) in [6.07, 6.45) is 1.80. The van der Waals surface area contributed by atoms with Crippen LogP contribution >= 0.6 is 24.4 Å². The highest BCUT2D eigenvalue weighted by molar-refractivity contribution is 7.81. The lowest BCUT2D eigenvalue weighted by molar-refractivity contribution is -0.139. The second kappa shape index (κ2) is 8.36. The molecule has 1 fully saturated rings. The van der Waals surface area contributed by atoms with Crippen LogP contribution in [0.3, 0.4) is 0 Å². The number of benzene rings is 1. The molecule has 1 aromatic rings. The van der Waals surface area contributed by atoms with Gasteiger partial charge in [-0.15, -0.1) is 0 Å². The van der Waals surface area contributed by atoms with Crippen LogP contribution < -0.4 is 5.32 Å². The summed E-state index contributed by atoms with van der Waals surface area (Å²) >= 11 is 10.4. The van der Waals surface area contributed by atoms with E-state index in [0.29, 0.717) is 36.1 Å². The van der Waals surface area contributed by atoms with E-state index in [-0.39, 0.29) is 12.0 Å². The Bertz CT molecular complexity index is 596. The molecule has 1 aliphatic rings. The second-order valence-corrected chi connectivity index (χ2v) is 6.54. The van der Waals surface area contributed by atoms with Gasteiger partial charge in [-0.05, 0) is 42.8 Å². The van der Waals surface area contributed by atoms with Gasteiger partial charge in [0.2, 0.25) is 0 Å². The molecular formula is C17H21NO3S2. The van der Waals surface area contributed by atoms with E-state index in [2.05, 4.69) is 37.4 Å². The van der Waals surface area contributed by atoms with Crippen LogP contribution in [-0.2, 0) is 20.7 Å². The topological polar surface area (TPSA) is 47.6 Å². The van der Waals surface area contributed by atoms with Gasteiger partial charge in [0.05, 0.1) is 24.6 Å². The summed E-state index contributed by atoms with van der Waals surface area (Å²) in [4.78, 5) is 11.9. The smallest absolute Gasteiger partial charge is 0.328 e. The molecule has 0 saturated carbocycles. The molecule has 23 heavy (non-hydrogen) atoms. The molecule has 1 aromatic carbocycles. The third kappa shape index (κ3) is 5.25. The number of esters is 1. The first-order valence-electron chi connectivity index (χ1n) is 7.64. The van der Waals surface area contributed by atoms with Crippen molar-refractivity contribution < 1.29 is 14.3 Å². The molecule has 0 amide bonds. The third-order valence-electron chi connectivity index (χ3n) is 3.84. The van der Waals surface area contributed by atoms with Gasteiger partial charge in [-0.2, -0.15) is 0 Å². The Labute approximate surface area is 147 Å². The van der Waals surface area contributed by atoms with Crippen LogP contribution in [0.1, 0.15) is 29.5 Å². The van der Waals surface area contributed by atoms with Crippen LogP contribution in [0.4, 0.5) is 0 Å². The van der Waals surface area contributed by atoms with Gasteiger partial charge < -0.3 is 14.8 Å². The molecule has 1 N–H and O–H groups in total. The minimum atomic E-state index is -0.347. The maximum atomic E-state index is 11.4. The molecule has 124 valence electrons. The third-order valence-corrected chi connectivity index (χ3v) is 4.36. The number of nitrogens with one attached hydrogen (secondary N) is 1. The predicted molar refractivity (Wildman–Crippen MR) is 97.9 cm³/mol. The van der Waals surface area contributed by atoms with Gasteiger partial charge in [-0.3, -0.25) is 0 Å². The molecule has 0 bridgehead atoms. The minimum absolute atomic E-state index is 0.255. The summed E-state index contributed by atoms with van der Waals surface area (Å²) in [6, 6.07) is 5.90. The Balaban J connectivity index is 1.72. The fourth-order valence-electron chi connectivity index (χ4n) is 2.56. The van der Waals surface area contributed by atoms with Crippen molar-refractivity contribution >= 4 is 40.4 Å². The maximum absolute atomic E-state index is 11.4. The number of hydrogen-bond acceptors (Lipinski definition) is 5. The highest BCUT2D eigenvalue weighted by Crippen LogP contribution is 2.14. The number of carbonyl (C=O) groups excluding carboxylic acids is 1. The van der Waals surface area contributed by atoms with Crippen molar-refractivity contribution in [3.63, 3.8) is 0 Å². The number of carbonyl (C=O) groups is 1. The van der Waals surface area contributed by atoms with Gasteiger partial charge in [0, 0.05) is 12.8 Å². The molecule has 1 atom stereocenters. The Hall–Kier alpha value is -1.53. The quantitative estimate of drug-likeness (QED) is 0.628. The van der Waals surface area contributed by atoms with Crippen molar-refractivity contribution in [3.8, 4) is 0 Å². The van der Waals surface area contributed by atoms with Crippen LogP contribution in [0.5, 0.6) is 0 Å². The molecule has 1 unspecified atom stereocenters. The molecule has 0 aliphatic carbocycles. The van der Waals surface area contributed by atoms with Gasteiger partial charge in [-0.25, -0.2) is 4.79 Å². The number of cyclic esters (lactones) is 1. The summed E-state index contributed by atoms with van der Waals surface area (Å²) in [7, 11) is 0. The zero-order valence-corrected chi connectivity index (χ0v) is 15.0. The van der Waals surface area contributed by atoms with E-state index >= 15 is 0 Å². The van der Waals surface area contributed by atoms with E-state index in [9.17, 15) is 4.79 Å². The number of rotatable bonds is 6.